The van der Waals surface area contributed by atoms with Gasteiger partial charge in [0.15, 0.2) is 0 Å². The van der Waals surface area contributed by atoms with Gasteiger partial charge in [-0.1, -0.05) is 11.8 Å². The second kappa shape index (κ2) is 4.68. The van der Waals surface area contributed by atoms with E-state index in [4.69, 9.17) is 5.11 Å². The molecule has 1 rings (SSSR count). The second-order valence-corrected chi connectivity index (χ2v) is 3.08. The largest absolute Gasteiger partial charge is 0.395 e. The van der Waals surface area contributed by atoms with E-state index in [2.05, 4.69) is 30.8 Å². The molecule has 0 amide bonds. The van der Waals surface area contributed by atoms with E-state index < -0.39 is 0 Å². The molecule has 0 aliphatic heterocycles. The lowest BCUT2D eigenvalue weighted by atomic mass is 10.3. The smallest absolute Gasteiger partial charge is 0.0646 e. The average molecular weight is 178 g/mol. The summed E-state index contributed by atoms with van der Waals surface area (Å²) in [7, 11) is 0. The van der Waals surface area contributed by atoms with Crippen LogP contribution in [0.15, 0.2) is 12.4 Å². The van der Waals surface area contributed by atoms with Crippen LogP contribution in [0.4, 0.5) is 0 Å². The maximum atomic E-state index is 8.51. The molecule has 0 radical (unpaired) electrons. The van der Waals surface area contributed by atoms with E-state index in [9.17, 15) is 0 Å². The maximum absolute atomic E-state index is 8.51. The van der Waals surface area contributed by atoms with Crippen LogP contribution in [0.1, 0.15) is 31.9 Å². The van der Waals surface area contributed by atoms with Gasteiger partial charge in [-0.05, 0) is 13.8 Å². The molecular formula is C10H14N2O. The van der Waals surface area contributed by atoms with Crippen LogP contribution < -0.4 is 0 Å². The van der Waals surface area contributed by atoms with E-state index in [-0.39, 0.29) is 6.61 Å². The van der Waals surface area contributed by atoms with Crippen LogP contribution in [0.2, 0.25) is 0 Å². The predicted molar refractivity (Wildman–Crippen MR) is 51.2 cm³/mol. The number of rotatable bonds is 2. The molecule has 70 valence electrons. The van der Waals surface area contributed by atoms with Crippen LogP contribution >= 0.6 is 0 Å². The molecule has 1 heterocycles. The van der Waals surface area contributed by atoms with E-state index in [0.29, 0.717) is 12.5 Å². The molecule has 0 aliphatic rings. The van der Waals surface area contributed by atoms with Crippen molar-refractivity contribution in [2.75, 3.05) is 6.61 Å². The van der Waals surface area contributed by atoms with Crippen LogP contribution in [-0.2, 0) is 0 Å². The summed E-state index contributed by atoms with van der Waals surface area (Å²) in [5, 5.41) is 12.7. The van der Waals surface area contributed by atoms with Gasteiger partial charge in [0.25, 0.3) is 0 Å². The zero-order valence-corrected chi connectivity index (χ0v) is 7.99. The number of aromatic nitrogens is 2. The van der Waals surface area contributed by atoms with Crippen molar-refractivity contribution in [3.05, 3.63) is 18.0 Å². The second-order valence-electron chi connectivity index (χ2n) is 3.08. The Kier molecular flexibility index (Phi) is 3.53. The quantitative estimate of drug-likeness (QED) is 0.691. The highest BCUT2D eigenvalue weighted by molar-refractivity contribution is 5.29. The molecule has 0 saturated heterocycles. The van der Waals surface area contributed by atoms with Gasteiger partial charge in [0.05, 0.1) is 18.4 Å². The van der Waals surface area contributed by atoms with E-state index in [1.165, 1.54) is 0 Å². The standard InChI is InChI=1S/C10H14N2O/c1-9(2)12-8-10(7-11-12)5-3-4-6-13/h7-9,13H,4,6H2,1-2H3. The fourth-order valence-corrected chi connectivity index (χ4v) is 0.905. The minimum Gasteiger partial charge on any atom is -0.395 e. The van der Waals surface area contributed by atoms with Gasteiger partial charge in [0.1, 0.15) is 0 Å². The predicted octanol–water partition coefficient (Wildman–Crippen LogP) is 1.20. The highest BCUT2D eigenvalue weighted by Crippen LogP contribution is 2.03. The Morgan fingerprint density at radius 3 is 2.92 bits per heavy atom. The summed E-state index contributed by atoms with van der Waals surface area (Å²) >= 11 is 0. The maximum Gasteiger partial charge on any atom is 0.0646 e. The molecule has 0 fully saturated rings. The monoisotopic (exact) mass is 178 g/mol. The highest BCUT2D eigenvalue weighted by atomic mass is 16.2. The topological polar surface area (TPSA) is 38.0 Å². The zero-order chi connectivity index (χ0) is 9.68. The fourth-order valence-electron chi connectivity index (χ4n) is 0.905. The number of nitrogens with zero attached hydrogens (tertiary/aromatic N) is 2. The summed E-state index contributed by atoms with van der Waals surface area (Å²) in [5.41, 5.74) is 0.905. The number of aliphatic hydroxyl groups is 1. The Labute approximate surface area is 78.4 Å². The molecular weight excluding hydrogens is 164 g/mol. The van der Waals surface area contributed by atoms with Crippen molar-refractivity contribution in [1.29, 1.82) is 0 Å². The molecule has 1 aromatic heterocycles. The Hall–Kier alpha value is -1.27. The first-order valence-electron chi connectivity index (χ1n) is 4.38. The molecule has 3 heteroatoms. The molecule has 0 atom stereocenters. The van der Waals surface area contributed by atoms with E-state index >= 15 is 0 Å². The van der Waals surface area contributed by atoms with Gasteiger partial charge >= 0.3 is 0 Å². The summed E-state index contributed by atoms with van der Waals surface area (Å²) in [6.45, 7) is 4.25. The van der Waals surface area contributed by atoms with Crippen molar-refractivity contribution in [1.82, 2.24) is 9.78 Å². The van der Waals surface area contributed by atoms with Crippen molar-refractivity contribution >= 4 is 0 Å². The molecule has 0 saturated carbocycles. The first-order valence-corrected chi connectivity index (χ1v) is 4.38. The molecule has 0 spiro atoms. The summed E-state index contributed by atoms with van der Waals surface area (Å²) < 4.78 is 1.86. The Bertz CT molecular complexity index is 317. The molecule has 0 aromatic carbocycles. The Balaban J connectivity index is 2.65. The third-order valence-corrected chi connectivity index (χ3v) is 1.60. The molecule has 0 bridgehead atoms. The van der Waals surface area contributed by atoms with Crippen LogP contribution in [0.25, 0.3) is 0 Å². The van der Waals surface area contributed by atoms with Gasteiger partial charge in [-0.3, -0.25) is 4.68 Å². The van der Waals surface area contributed by atoms with Crippen molar-refractivity contribution in [2.24, 2.45) is 0 Å². The van der Waals surface area contributed by atoms with Gasteiger partial charge in [-0.15, -0.1) is 0 Å². The summed E-state index contributed by atoms with van der Waals surface area (Å²) in [6.07, 6.45) is 4.17. The lowest BCUT2D eigenvalue weighted by Gasteiger charge is -2.02. The highest BCUT2D eigenvalue weighted by Gasteiger charge is 1.97. The van der Waals surface area contributed by atoms with Gasteiger partial charge in [-0.2, -0.15) is 5.10 Å². The molecule has 1 aromatic rings. The summed E-state index contributed by atoms with van der Waals surface area (Å²) in [6, 6.07) is 0.369. The molecule has 13 heavy (non-hydrogen) atoms. The lowest BCUT2D eigenvalue weighted by molar-refractivity contribution is 0.305. The molecule has 0 aliphatic carbocycles. The molecule has 3 nitrogen and oxygen atoms in total. The minimum atomic E-state index is 0.116. The number of aliphatic hydroxyl groups excluding tert-OH is 1. The Morgan fingerprint density at radius 2 is 2.38 bits per heavy atom. The Morgan fingerprint density at radius 1 is 1.62 bits per heavy atom. The van der Waals surface area contributed by atoms with Crippen molar-refractivity contribution in [3.63, 3.8) is 0 Å². The van der Waals surface area contributed by atoms with Gasteiger partial charge in [0.2, 0.25) is 0 Å². The van der Waals surface area contributed by atoms with Gasteiger partial charge < -0.3 is 5.11 Å². The third kappa shape index (κ3) is 2.92. The van der Waals surface area contributed by atoms with Crippen LogP contribution in [0.3, 0.4) is 0 Å². The zero-order valence-electron chi connectivity index (χ0n) is 7.99. The van der Waals surface area contributed by atoms with Crippen molar-refractivity contribution in [2.45, 2.75) is 26.3 Å². The van der Waals surface area contributed by atoms with Crippen LogP contribution in [0.5, 0.6) is 0 Å². The fraction of sp³-hybridized carbons (Fsp3) is 0.500. The SMILES string of the molecule is CC(C)n1cc(C#CCCO)cn1. The van der Waals surface area contributed by atoms with Crippen LogP contribution in [-0.4, -0.2) is 21.5 Å². The van der Waals surface area contributed by atoms with E-state index in [1.807, 2.05) is 10.9 Å². The summed E-state index contributed by atoms with van der Waals surface area (Å²) in [4.78, 5) is 0. The molecule has 1 N–H and O–H groups in total. The van der Waals surface area contributed by atoms with Crippen LogP contribution in [0, 0.1) is 11.8 Å². The normalized spacial score (nSPS) is 9.85. The number of hydrogen-bond acceptors (Lipinski definition) is 2. The minimum absolute atomic E-state index is 0.116. The first-order chi connectivity index (χ1) is 6.24. The average Bonchev–Trinajstić information content (AvgIpc) is 2.53. The van der Waals surface area contributed by atoms with E-state index in [0.717, 1.165) is 5.56 Å². The lowest BCUT2D eigenvalue weighted by Crippen LogP contribution is -1.99. The third-order valence-electron chi connectivity index (χ3n) is 1.60. The summed E-state index contributed by atoms with van der Waals surface area (Å²) in [5.74, 6) is 5.78. The van der Waals surface area contributed by atoms with Gasteiger partial charge in [-0.25, -0.2) is 0 Å². The first kappa shape index (κ1) is 9.82. The van der Waals surface area contributed by atoms with Gasteiger partial charge in [0, 0.05) is 18.7 Å². The van der Waals surface area contributed by atoms with E-state index in [1.54, 1.807) is 6.20 Å². The van der Waals surface area contributed by atoms with Crippen molar-refractivity contribution in [3.8, 4) is 11.8 Å². The molecule has 0 unspecified atom stereocenters. The van der Waals surface area contributed by atoms with Crippen molar-refractivity contribution < 1.29 is 5.11 Å². The number of hydrogen-bond donors (Lipinski definition) is 1.